The molecule has 0 aliphatic carbocycles. The molecule has 0 spiro atoms. The summed E-state index contributed by atoms with van der Waals surface area (Å²) in [4.78, 5) is 28.9. The third kappa shape index (κ3) is 5.91. The van der Waals surface area contributed by atoms with E-state index in [1.807, 2.05) is 26.8 Å². The zero-order chi connectivity index (χ0) is 25.8. The number of hydrogen-bond acceptors (Lipinski definition) is 6. The molecule has 0 saturated carbocycles. The van der Waals surface area contributed by atoms with Gasteiger partial charge in [0.25, 0.3) is 5.91 Å². The Morgan fingerprint density at radius 3 is 2.43 bits per heavy atom. The molecule has 0 fully saturated rings. The van der Waals surface area contributed by atoms with Gasteiger partial charge in [-0.3, -0.25) is 9.78 Å². The third-order valence-corrected chi connectivity index (χ3v) is 5.45. The van der Waals surface area contributed by atoms with Crippen molar-refractivity contribution in [2.45, 2.75) is 26.9 Å². The van der Waals surface area contributed by atoms with Crippen molar-refractivity contribution in [1.82, 2.24) is 19.9 Å². The van der Waals surface area contributed by atoms with E-state index >= 15 is 0 Å². The Balaban J connectivity index is 0.00000167. The number of benzene rings is 1. The van der Waals surface area contributed by atoms with Crippen LogP contribution in [0.4, 0.5) is 24.8 Å². The number of alkyl halides is 3. The molecule has 0 unspecified atom stereocenters. The topological polar surface area (TPSA) is 92.7 Å². The molecule has 11 heteroatoms. The van der Waals surface area contributed by atoms with Crippen LogP contribution in [0.1, 0.15) is 35.5 Å². The van der Waals surface area contributed by atoms with Gasteiger partial charge >= 0.3 is 6.18 Å². The molecular formula is C24H22BrF3N6O. The number of anilines is 2. The Kier molecular flexibility index (Phi) is 8.00. The number of hydrogen-bond donors (Lipinski definition) is 2. The summed E-state index contributed by atoms with van der Waals surface area (Å²) in [6, 6.07) is 9.02. The molecule has 0 aliphatic rings. The molecule has 0 bridgehead atoms. The number of nitrogens with zero attached hydrogens (tertiary/aromatic N) is 4. The molecule has 3 heterocycles. The van der Waals surface area contributed by atoms with Gasteiger partial charge in [-0.1, -0.05) is 19.9 Å². The van der Waals surface area contributed by atoms with Crippen molar-refractivity contribution in [2.24, 2.45) is 0 Å². The van der Waals surface area contributed by atoms with E-state index in [9.17, 15) is 18.0 Å². The van der Waals surface area contributed by atoms with Crippen molar-refractivity contribution < 1.29 is 18.0 Å². The second kappa shape index (κ2) is 10.8. The summed E-state index contributed by atoms with van der Waals surface area (Å²) in [5.41, 5.74) is 2.08. The molecule has 1 aromatic carbocycles. The van der Waals surface area contributed by atoms with E-state index in [4.69, 9.17) is 0 Å². The van der Waals surface area contributed by atoms with Crippen LogP contribution in [0.3, 0.4) is 0 Å². The maximum absolute atomic E-state index is 12.9. The van der Waals surface area contributed by atoms with E-state index in [0.717, 1.165) is 28.3 Å². The molecule has 182 valence electrons. The second-order valence-electron chi connectivity index (χ2n) is 7.09. The van der Waals surface area contributed by atoms with E-state index in [0.29, 0.717) is 28.0 Å². The smallest absolute Gasteiger partial charge is 0.357 e. The fraction of sp³-hybridized carbons (Fsp3) is 0.208. The number of nitrogens with one attached hydrogen (secondary N) is 2. The Hall–Kier alpha value is -3.60. The molecule has 0 atom stereocenters. The summed E-state index contributed by atoms with van der Waals surface area (Å²) in [5.74, 6) is -0.235. The lowest BCUT2D eigenvalue weighted by Crippen LogP contribution is -2.15. The van der Waals surface area contributed by atoms with E-state index in [1.165, 1.54) is 6.07 Å². The number of aryl methyl sites for hydroxylation is 1. The van der Waals surface area contributed by atoms with Crippen LogP contribution < -0.4 is 10.6 Å². The monoisotopic (exact) mass is 546 g/mol. The summed E-state index contributed by atoms with van der Waals surface area (Å²) in [5, 5.41) is 6.22. The SMILES string of the molecule is CC.CNc1ncc2cc(-c3cc(NC(=O)c4ccnc(C(F)(F)F)c4)ccc3C)c(Br)nc2n1. The number of aromatic nitrogens is 4. The highest BCUT2D eigenvalue weighted by Crippen LogP contribution is 2.34. The number of amides is 1. The Morgan fingerprint density at radius 2 is 1.74 bits per heavy atom. The first kappa shape index (κ1) is 26.0. The minimum atomic E-state index is -4.64. The van der Waals surface area contributed by atoms with E-state index in [-0.39, 0.29) is 5.56 Å². The molecule has 0 aliphatic heterocycles. The minimum absolute atomic E-state index is 0.148. The van der Waals surface area contributed by atoms with Gasteiger partial charge < -0.3 is 10.6 Å². The number of carbonyl (C=O) groups excluding carboxylic acids is 1. The molecule has 4 rings (SSSR count). The average Bonchev–Trinajstić information content (AvgIpc) is 2.85. The van der Waals surface area contributed by atoms with Crippen molar-refractivity contribution in [2.75, 3.05) is 17.7 Å². The maximum Gasteiger partial charge on any atom is 0.433 e. The maximum atomic E-state index is 12.9. The first-order chi connectivity index (χ1) is 16.7. The normalized spacial score (nSPS) is 11.0. The minimum Gasteiger partial charge on any atom is -0.357 e. The van der Waals surface area contributed by atoms with Crippen LogP contribution in [0, 0.1) is 6.92 Å². The number of rotatable bonds is 4. The van der Waals surface area contributed by atoms with Gasteiger partial charge in [0.05, 0.1) is 0 Å². The molecule has 3 aromatic heterocycles. The highest BCUT2D eigenvalue weighted by Gasteiger charge is 2.33. The van der Waals surface area contributed by atoms with Gasteiger partial charge in [-0.2, -0.15) is 18.2 Å². The first-order valence-electron chi connectivity index (χ1n) is 10.6. The van der Waals surface area contributed by atoms with Crippen LogP contribution in [0.2, 0.25) is 0 Å². The molecular weight excluding hydrogens is 525 g/mol. The van der Waals surface area contributed by atoms with Gasteiger partial charge in [-0.05, 0) is 64.3 Å². The van der Waals surface area contributed by atoms with E-state index in [1.54, 1.807) is 31.4 Å². The summed E-state index contributed by atoms with van der Waals surface area (Å²) < 4.78 is 39.3. The largest absolute Gasteiger partial charge is 0.433 e. The van der Waals surface area contributed by atoms with E-state index < -0.39 is 17.8 Å². The quantitative estimate of drug-likeness (QED) is 0.284. The van der Waals surface area contributed by atoms with Crippen LogP contribution >= 0.6 is 15.9 Å². The number of fused-ring (bicyclic) bond motifs is 1. The fourth-order valence-corrected chi connectivity index (χ4v) is 3.67. The standard InChI is InChI=1S/C22H16BrF3N6O.C2H6/c1-11-3-4-14(30-20(33)12-5-6-28-17(8-12)22(24,25)26)9-15(11)16-7-13-10-29-21(27-2)32-19(13)31-18(16)23;1-2/h3-10H,1-2H3,(H,30,33)(H,27,29,31,32);1-2H3. The van der Waals surface area contributed by atoms with Gasteiger partial charge in [0, 0.05) is 41.6 Å². The van der Waals surface area contributed by atoms with Crippen molar-refractivity contribution in [3.05, 3.63) is 70.2 Å². The van der Waals surface area contributed by atoms with Gasteiger partial charge in [-0.25, -0.2) is 9.97 Å². The Bertz CT molecular complexity index is 1380. The van der Waals surface area contributed by atoms with Crippen LogP contribution in [0.25, 0.3) is 22.2 Å². The summed E-state index contributed by atoms with van der Waals surface area (Å²) in [6.45, 7) is 5.90. The molecule has 0 radical (unpaired) electrons. The summed E-state index contributed by atoms with van der Waals surface area (Å²) >= 11 is 3.48. The first-order valence-corrected chi connectivity index (χ1v) is 11.4. The number of halogens is 4. The van der Waals surface area contributed by atoms with E-state index in [2.05, 4.69) is 46.5 Å². The van der Waals surface area contributed by atoms with Crippen molar-refractivity contribution in [3.63, 3.8) is 0 Å². The highest BCUT2D eigenvalue weighted by atomic mass is 79.9. The predicted molar refractivity (Wildman–Crippen MR) is 133 cm³/mol. The molecule has 0 saturated heterocycles. The zero-order valence-electron chi connectivity index (χ0n) is 19.3. The van der Waals surface area contributed by atoms with Crippen molar-refractivity contribution in [1.29, 1.82) is 0 Å². The summed E-state index contributed by atoms with van der Waals surface area (Å²) in [7, 11) is 1.71. The van der Waals surface area contributed by atoms with Crippen LogP contribution in [0.5, 0.6) is 0 Å². The van der Waals surface area contributed by atoms with Gasteiger partial charge in [-0.15, -0.1) is 0 Å². The van der Waals surface area contributed by atoms with Crippen LogP contribution in [-0.4, -0.2) is 32.9 Å². The zero-order valence-corrected chi connectivity index (χ0v) is 20.9. The lowest BCUT2D eigenvalue weighted by atomic mass is 10.0. The Morgan fingerprint density at radius 1 is 1.00 bits per heavy atom. The number of pyridine rings is 2. The highest BCUT2D eigenvalue weighted by molar-refractivity contribution is 9.10. The van der Waals surface area contributed by atoms with Crippen molar-refractivity contribution in [3.8, 4) is 11.1 Å². The van der Waals surface area contributed by atoms with Crippen LogP contribution in [0.15, 0.2) is 53.4 Å². The Labute approximate surface area is 208 Å². The lowest BCUT2D eigenvalue weighted by Gasteiger charge is -2.13. The molecule has 1 amide bonds. The summed E-state index contributed by atoms with van der Waals surface area (Å²) in [6.07, 6.45) is -2.03. The molecule has 7 nitrogen and oxygen atoms in total. The third-order valence-electron chi connectivity index (χ3n) is 4.84. The van der Waals surface area contributed by atoms with Crippen molar-refractivity contribution >= 4 is 44.5 Å². The average molecular weight is 547 g/mol. The molecule has 35 heavy (non-hydrogen) atoms. The fourth-order valence-electron chi connectivity index (χ4n) is 3.17. The number of carbonyl (C=O) groups is 1. The predicted octanol–water partition coefficient (Wildman–Crippen LogP) is 6.50. The van der Waals surface area contributed by atoms with Gasteiger partial charge in [0.1, 0.15) is 10.3 Å². The molecule has 2 N–H and O–H groups in total. The van der Waals surface area contributed by atoms with Gasteiger partial charge in [0.2, 0.25) is 5.95 Å². The second-order valence-corrected chi connectivity index (χ2v) is 7.85. The lowest BCUT2D eigenvalue weighted by molar-refractivity contribution is -0.141. The molecule has 4 aromatic rings. The van der Waals surface area contributed by atoms with Crippen LogP contribution in [-0.2, 0) is 6.18 Å². The van der Waals surface area contributed by atoms with Gasteiger partial charge in [0.15, 0.2) is 5.65 Å².